The van der Waals surface area contributed by atoms with Crippen LogP contribution in [0.25, 0.3) is 11.8 Å². The van der Waals surface area contributed by atoms with E-state index in [-0.39, 0.29) is 11.6 Å². The largest absolute Gasteiger partial charge is 0.495 e. The number of carbonyl (C=O) groups excluding carboxylic acids is 3. The number of rotatable bonds is 4. The van der Waals surface area contributed by atoms with Gasteiger partial charge in [-0.2, -0.15) is 0 Å². The molecule has 162 valence electrons. The molecule has 0 unspecified atom stereocenters. The lowest BCUT2D eigenvalue weighted by atomic mass is 10.1. The van der Waals surface area contributed by atoms with Gasteiger partial charge in [0.1, 0.15) is 11.3 Å². The highest BCUT2D eigenvalue weighted by Gasteiger charge is 2.40. The smallest absolute Gasteiger partial charge is 0.331 e. The molecule has 1 saturated heterocycles. The first-order valence-electron chi connectivity index (χ1n) is 10.2. The van der Waals surface area contributed by atoms with E-state index < -0.39 is 17.8 Å². The Morgan fingerprint density at radius 2 is 1.84 bits per heavy atom. The van der Waals surface area contributed by atoms with Gasteiger partial charge in [-0.05, 0) is 62.6 Å². The predicted octanol–water partition coefficient (Wildman–Crippen LogP) is 4.16. The standard InChI is InChI=1S/C23H24ClN3O4/c1-13-10-15(14(2)26(13)19-12-16(24)8-9-20(19)31-3)11-18-21(28)25-23(30)27(22(18)29)17-6-4-5-7-17/h8-12,17H,4-7H2,1-3H3,(H,25,28,30)/b18-11+. The third-order valence-corrected chi connectivity index (χ3v) is 6.21. The second-order valence-corrected chi connectivity index (χ2v) is 8.35. The molecule has 1 N–H and O–H groups in total. The first kappa shape index (κ1) is 21.2. The zero-order valence-corrected chi connectivity index (χ0v) is 18.5. The van der Waals surface area contributed by atoms with E-state index in [0.717, 1.165) is 42.8 Å². The summed E-state index contributed by atoms with van der Waals surface area (Å²) >= 11 is 6.21. The van der Waals surface area contributed by atoms with Gasteiger partial charge in [0.2, 0.25) is 0 Å². The fourth-order valence-electron chi connectivity index (χ4n) is 4.46. The number of benzene rings is 1. The van der Waals surface area contributed by atoms with E-state index >= 15 is 0 Å². The van der Waals surface area contributed by atoms with E-state index in [9.17, 15) is 14.4 Å². The molecule has 0 atom stereocenters. The van der Waals surface area contributed by atoms with E-state index in [1.54, 1.807) is 31.4 Å². The maximum atomic E-state index is 13.1. The van der Waals surface area contributed by atoms with E-state index in [1.165, 1.54) is 4.90 Å². The summed E-state index contributed by atoms with van der Waals surface area (Å²) in [5, 5.41) is 2.89. The molecule has 0 radical (unpaired) electrons. The normalized spacial score (nSPS) is 18.8. The van der Waals surface area contributed by atoms with Gasteiger partial charge >= 0.3 is 6.03 Å². The third-order valence-electron chi connectivity index (χ3n) is 5.97. The van der Waals surface area contributed by atoms with E-state index in [1.807, 2.05) is 24.5 Å². The van der Waals surface area contributed by atoms with Crippen molar-refractivity contribution in [1.29, 1.82) is 0 Å². The van der Waals surface area contributed by atoms with Gasteiger partial charge in [0, 0.05) is 22.5 Å². The van der Waals surface area contributed by atoms with Crippen LogP contribution in [-0.4, -0.2) is 40.5 Å². The van der Waals surface area contributed by atoms with Gasteiger partial charge in [0.25, 0.3) is 11.8 Å². The van der Waals surface area contributed by atoms with Crippen molar-refractivity contribution in [3.63, 3.8) is 0 Å². The van der Waals surface area contributed by atoms with E-state index in [0.29, 0.717) is 16.3 Å². The fraction of sp³-hybridized carbons (Fsp3) is 0.348. The molecule has 1 aliphatic carbocycles. The molecular weight excluding hydrogens is 418 g/mol. The number of imide groups is 2. The highest BCUT2D eigenvalue weighted by Crippen LogP contribution is 2.32. The Balaban J connectivity index is 1.76. The van der Waals surface area contributed by atoms with Gasteiger partial charge in [-0.3, -0.25) is 19.8 Å². The Kier molecular flexibility index (Phi) is 5.62. The summed E-state index contributed by atoms with van der Waals surface area (Å²) in [7, 11) is 1.59. The number of ether oxygens (including phenoxy) is 1. The first-order valence-corrected chi connectivity index (χ1v) is 10.6. The maximum Gasteiger partial charge on any atom is 0.331 e. The summed E-state index contributed by atoms with van der Waals surface area (Å²) < 4.78 is 7.44. The number of barbiturate groups is 1. The second-order valence-electron chi connectivity index (χ2n) is 7.91. The summed E-state index contributed by atoms with van der Waals surface area (Å²) in [6.45, 7) is 3.82. The van der Waals surface area contributed by atoms with Gasteiger partial charge in [-0.25, -0.2) is 4.79 Å². The molecule has 1 aromatic heterocycles. The molecule has 0 spiro atoms. The number of urea groups is 1. The summed E-state index contributed by atoms with van der Waals surface area (Å²) in [5.74, 6) is -0.560. The number of halogens is 1. The molecular formula is C23H24ClN3O4. The summed E-state index contributed by atoms with van der Waals surface area (Å²) in [4.78, 5) is 39.1. The topological polar surface area (TPSA) is 80.6 Å². The van der Waals surface area contributed by atoms with Crippen molar-refractivity contribution in [3.05, 3.63) is 51.8 Å². The van der Waals surface area contributed by atoms with Gasteiger partial charge in [0.05, 0.1) is 12.8 Å². The summed E-state index contributed by atoms with van der Waals surface area (Å²) in [5.41, 5.74) is 3.13. The van der Waals surface area contributed by atoms with Crippen LogP contribution in [0.3, 0.4) is 0 Å². The van der Waals surface area contributed by atoms with Crippen molar-refractivity contribution < 1.29 is 19.1 Å². The van der Waals surface area contributed by atoms with Crippen LogP contribution in [-0.2, 0) is 9.59 Å². The Labute approximate surface area is 185 Å². The molecule has 7 nitrogen and oxygen atoms in total. The molecule has 0 bridgehead atoms. The lowest BCUT2D eigenvalue weighted by Gasteiger charge is -2.31. The average molecular weight is 442 g/mol. The van der Waals surface area contributed by atoms with Crippen molar-refractivity contribution in [2.45, 2.75) is 45.6 Å². The van der Waals surface area contributed by atoms with Crippen molar-refractivity contribution in [3.8, 4) is 11.4 Å². The van der Waals surface area contributed by atoms with Crippen molar-refractivity contribution >= 4 is 35.5 Å². The molecule has 4 rings (SSSR count). The van der Waals surface area contributed by atoms with E-state index in [2.05, 4.69) is 5.32 Å². The lowest BCUT2D eigenvalue weighted by molar-refractivity contribution is -0.131. The number of nitrogens with zero attached hydrogens (tertiary/aromatic N) is 2. The lowest BCUT2D eigenvalue weighted by Crippen LogP contribution is -2.57. The number of aromatic nitrogens is 1. The zero-order valence-electron chi connectivity index (χ0n) is 17.7. The molecule has 2 aliphatic rings. The second kappa shape index (κ2) is 8.23. The number of methoxy groups -OCH3 is 1. The minimum Gasteiger partial charge on any atom is -0.495 e. The number of hydrogen-bond acceptors (Lipinski definition) is 4. The van der Waals surface area contributed by atoms with Crippen LogP contribution < -0.4 is 10.1 Å². The summed E-state index contributed by atoms with van der Waals surface area (Å²) in [6, 6.07) is 6.44. The molecule has 31 heavy (non-hydrogen) atoms. The number of carbonyl (C=O) groups is 3. The molecule has 1 aliphatic heterocycles. The summed E-state index contributed by atoms with van der Waals surface area (Å²) in [6.07, 6.45) is 5.03. The number of hydrogen-bond donors (Lipinski definition) is 1. The quantitative estimate of drug-likeness (QED) is 0.570. The minimum atomic E-state index is -0.672. The van der Waals surface area contributed by atoms with Crippen molar-refractivity contribution in [1.82, 2.24) is 14.8 Å². The van der Waals surface area contributed by atoms with Crippen LogP contribution in [0.4, 0.5) is 4.79 Å². The fourth-order valence-corrected chi connectivity index (χ4v) is 4.63. The molecule has 4 amide bonds. The average Bonchev–Trinajstić information content (AvgIpc) is 3.33. The highest BCUT2D eigenvalue weighted by molar-refractivity contribution is 6.31. The first-order chi connectivity index (χ1) is 14.8. The number of aryl methyl sites for hydroxylation is 1. The molecule has 2 fully saturated rings. The Morgan fingerprint density at radius 3 is 2.52 bits per heavy atom. The van der Waals surface area contributed by atoms with Gasteiger partial charge in [-0.1, -0.05) is 24.4 Å². The number of amides is 4. The molecule has 2 aromatic rings. The maximum absolute atomic E-state index is 13.1. The molecule has 1 saturated carbocycles. The van der Waals surface area contributed by atoms with Crippen LogP contribution in [0, 0.1) is 13.8 Å². The molecule has 2 heterocycles. The van der Waals surface area contributed by atoms with Crippen LogP contribution >= 0.6 is 11.6 Å². The van der Waals surface area contributed by atoms with Gasteiger partial charge < -0.3 is 9.30 Å². The molecule has 8 heteroatoms. The van der Waals surface area contributed by atoms with Gasteiger partial charge in [0.15, 0.2) is 0 Å². The highest BCUT2D eigenvalue weighted by atomic mass is 35.5. The third kappa shape index (κ3) is 3.74. The minimum absolute atomic E-state index is 0.0372. The molecule has 1 aromatic carbocycles. The zero-order chi connectivity index (χ0) is 22.3. The van der Waals surface area contributed by atoms with Crippen LogP contribution in [0.5, 0.6) is 5.75 Å². The van der Waals surface area contributed by atoms with E-state index in [4.69, 9.17) is 16.3 Å². The van der Waals surface area contributed by atoms with Crippen LogP contribution in [0.2, 0.25) is 5.02 Å². The van der Waals surface area contributed by atoms with Crippen molar-refractivity contribution in [2.24, 2.45) is 0 Å². The van der Waals surface area contributed by atoms with Crippen LogP contribution in [0.15, 0.2) is 29.8 Å². The van der Waals surface area contributed by atoms with Crippen molar-refractivity contribution in [2.75, 3.05) is 7.11 Å². The monoisotopic (exact) mass is 441 g/mol. The van der Waals surface area contributed by atoms with Crippen LogP contribution in [0.1, 0.15) is 42.6 Å². The van der Waals surface area contributed by atoms with Gasteiger partial charge in [-0.15, -0.1) is 0 Å². The Hall–Kier alpha value is -3.06. The SMILES string of the molecule is COc1ccc(Cl)cc1-n1c(C)cc(/C=C2\C(=O)NC(=O)N(C3CCCC3)C2=O)c1C. The predicted molar refractivity (Wildman–Crippen MR) is 117 cm³/mol. The Bertz CT molecular complexity index is 1110. The number of nitrogens with one attached hydrogen (secondary N) is 1. The Morgan fingerprint density at radius 1 is 1.13 bits per heavy atom.